The number of carboxylic acids is 1. The third-order valence-electron chi connectivity index (χ3n) is 4.76. The Morgan fingerprint density at radius 1 is 1.21 bits per heavy atom. The van der Waals surface area contributed by atoms with Crippen LogP contribution in [0.4, 0.5) is 0 Å². The van der Waals surface area contributed by atoms with Crippen molar-refractivity contribution in [3.8, 4) is 0 Å². The van der Waals surface area contributed by atoms with E-state index >= 15 is 0 Å². The van der Waals surface area contributed by atoms with E-state index in [2.05, 4.69) is 21.7 Å². The van der Waals surface area contributed by atoms with Gasteiger partial charge < -0.3 is 14.9 Å². The number of piperidine rings is 1. The standard InChI is InChI=1S/C14H27N3O2/c1-15(2)6-7-17(10-14(18)19)13-8-11-4-5-12(9-13)16(11)3/h11-13H,4-10H2,1-3H3,(H,18,19). The zero-order valence-corrected chi connectivity index (χ0v) is 12.4. The lowest BCUT2D eigenvalue weighted by molar-refractivity contribution is -0.139. The highest BCUT2D eigenvalue weighted by atomic mass is 16.4. The van der Waals surface area contributed by atoms with Gasteiger partial charge in [-0.1, -0.05) is 0 Å². The first-order chi connectivity index (χ1) is 8.97. The summed E-state index contributed by atoms with van der Waals surface area (Å²) in [5.74, 6) is -0.704. The Kier molecular flexibility index (Phi) is 4.81. The number of hydrogen-bond donors (Lipinski definition) is 1. The normalized spacial score (nSPS) is 31.3. The molecule has 0 saturated carbocycles. The second-order valence-electron chi connectivity index (χ2n) is 6.34. The smallest absolute Gasteiger partial charge is 0.317 e. The lowest BCUT2D eigenvalue weighted by Crippen LogP contribution is -2.51. The third-order valence-corrected chi connectivity index (χ3v) is 4.76. The summed E-state index contributed by atoms with van der Waals surface area (Å²) in [6.45, 7) is 1.96. The first-order valence-electron chi connectivity index (χ1n) is 7.30. The van der Waals surface area contributed by atoms with Gasteiger partial charge in [0.1, 0.15) is 0 Å². The summed E-state index contributed by atoms with van der Waals surface area (Å²) in [5.41, 5.74) is 0. The fourth-order valence-corrected chi connectivity index (χ4v) is 3.57. The van der Waals surface area contributed by atoms with Crippen molar-refractivity contribution < 1.29 is 9.90 Å². The molecule has 0 aromatic carbocycles. The number of hydrogen-bond acceptors (Lipinski definition) is 4. The molecule has 2 saturated heterocycles. The minimum Gasteiger partial charge on any atom is -0.480 e. The molecule has 0 aliphatic carbocycles. The molecule has 0 spiro atoms. The lowest BCUT2D eigenvalue weighted by atomic mass is 9.96. The molecule has 2 rings (SSSR count). The summed E-state index contributed by atoms with van der Waals surface area (Å²) in [6.07, 6.45) is 4.83. The molecule has 2 atom stereocenters. The van der Waals surface area contributed by atoms with E-state index in [0.717, 1.165) is 25.9 Å². The maximum atomic E-state index is 11.1. The van der Waals surface area contributed by atoms with Crippen molar-refractivity contribution in [1.29, 1.82) is 0 Å². The Labute approximate surface area is 116 Å². The lowest BCUT2D eigenvalue weighted by Gasteiger charge is -2.41. The molecule has 2 unspecified atom stereocenters. The van der Waals surface area contributed by atoms with Crippen LogP contribution in [0.3, 0.4) is 0 Å². The van der Waals surface area contributed by atoms with E-state index in [1.807, 2.05) is 14.1 Å². The van der Waals surface area contributed by atoms with E-state index < -0.39 is 5.97 Å². The van der Waals surface area contributed by atoms with Crippen LogP contribution in [-0.2, 0) is 4.79 Å². The summed E-state index contributed by atoms with van der Waals surface area (Å²) in [4.78, 5) is 17.9. The molecule has 5 heteroatoms. The van der Waals surface area contributed by atoms with Gasteiger partial charge in [-0.05, 0) is 46.8 Å². The molecular formula is C14H27N3O2. The van der Waals surface area contributed by atoms with Crippen LogP contribution >= 0.6 is 0 Å². The molecule has 2 heterocycles. The van der Waals surface area contributed by atoms with E-state index in [9.17, 15) is 4.79 Å². The van der Waals surface area contributed by atoms with Crippen LogP contribution < -0.4 is 0 Å². The minimum atomic E-state index is -0.704. The third kappa shape index (κ3) is 3.68. The molecule has 0 radical (unpaired) electrons. The number of nitrogens with zero attached hydrogens (tertiary/aromatic N) is 3. The van der Waals surface area contributed by atoms with Crippen LogP contribution in [0, 0.1) is 0 Å². The molecule has 2 aliphatic rings. The highest BCUT2D eigenvalue weighted by Gasteiger charge is 2.40. The fourth-order valence-electron chi connectivity index (χ4n) is 3.57. The summed E-state index contributed by atoms with van der Waals surface area (Å²) in [6, 6.07) is 1.78. The largest absolute Gasteiger partial charge is 0.480 e. The zero-order chi connectivity index (χ0) is 14.0. The SMILES string of the molecule is CN(C)CCN(CC(=O)O)C1CC2CCC(C1)N2C. The number of rotatable bonds is 6. The van der Waals surface area contributed by atoms with Crippen molar-refractivity contribution in [2.24, 2.45) is 0 Å². The van der Waals surface area contributed by atoms with Crippen LogP contribution in [0.15, 0.2) is 0 Å². The first kappa shape index (κ1) is 14.8. The van der Waals surface area contributed by atoms with Gasteiger partial charge in [0.15, 0.2) is 0 Å². The average Bonchev–Trinajstić information content (AvgIpc) is 2.56. The molecule has 1 N–H and O–H groups in total. The highest BCUT2D eigenvalue weighted by molar-refractivity contribution is 5.69. The Morgan fingerprint density at radius 2 is 1.79 bits per heavy atom. The van der Waals surface area contributed by atoms with Gasteiger partial charge in [0.05, 0.1) is 6.54 Å². The van der Waals surface area contributed by atoms with Crippen molar-refractivity contribution in [2.75, 3.05) is 40.8 Å². The van der Waals surface area contributed by atoms with Crippen molar-refractivity contribution >= 4 is 5.97 Å². The van der Waals surface area contributed by atoms with E-state index in [0.29, 0.717) is 18.1 Å². The fraction of sp³-hybridized carbons (Fsp3) is 0.929. The molecular weight excluding hydrogens is 242 g/mol. The molecule has 2 fully saturated rings. The highest BCUT2D eigenvalue weighted by Crippen LogP contribution is 2.36. The van der Waals surface area contributed by atoms with Gasteiger partial charge in [0.2, 0.25) is 0 Å². The second kappa shape index (κ2) is 6.20. The first-order valence-corrected chi connectivity index (χ1v) is 7.30. The van der Waals surface area contributed by atoms with Crippen LogP contribution in [0.1, 0.15) is 25.7 Å². The number of carbonyl (C=O) groups is 1. The Morgan fingerprint density at radius 3 is 2.26 bits per heavy atom. The van der Waals surface area contributed by atoms with Gasteiger partial charge in [-0.2, -0.15) is 0 Å². The molecule has 2 bridgehead atoms. The van der Waals surface area contributed by atoms with Crippen molar-refractivity contribution in [3.63, 3.8) is 0 Å². The number of fused-ring (bicyclic) bond motifs is 2. The van der Waals surface area contributed by atoms with Gasteiger partial charge in [0, 0.05) is 31.2 Å². The molecule has 0 aromatic rings. The van der Waals surface area contributed by atoms with Gasteiger partial charge >= 0.3 is 5.97 Å². The van der Waals surface area contributed by atoms with E-state index in [1.165, 1.54) is 12.8 Å². The summed E-state index contributed by atoms with van der Waals surface area (Å²) in [5, 5.41) is 9.11. The van der Waals surface area contributed by atoms with Crippen molar-refractivity contribution in [1.82, 2.24) is 14.7 Å². The number of aliphatic carboxylic acids is 1. The molecule has 19 heavy (non-hydrogen) atoms. The van der Waals surface area contributed by atoms with E-state index in [4.69, 9.17) is 5.11 Å². The summed E-state index contributed by atoms with van der Waals surface area (Å²) < 4.78 is 0. The average molecular weight is 269 g/mol. The Balaban J connectivity index is 1.96. The Bertz CT molecular complexity index is 308. The maximum Gasteiger partial charge on any atom is 0.317 e. The molecule has 2 aliphatic heterocycles. The van der Waals surface area contributed by atoms with E-state index in [-0.39, 0.29) is 6.54 Å². The quantitative estimate of drug-likeness (QED) is 0.763. The second-order valence-corrected chi connectivity index (χ2v) is 6.34. The van der Waals surface area contributed by atoms with Gasteiger partial charge in [-0.3, -0.25) is 9.69 Å². The number of likely N-dealkylation sites (N-methyl/N-ethyl adjacent to an activating group) is 1. The van der Waals surface area contributed by atoms with Crippen LogP contribution in [0.5, 0.6) is 0 Å². The monoisotopic (exact) mass is 269 g/mol. The maximum absolute atomic E-state index is 11.1. The minimum absolute atomic E-state index is 0.182. The number of carboxylic acid groups (broad SMARTS) is 1. The molecule has 5 nitrogen and oxygen atoms in total. The van der Waals surface area contributed by atoms with Gasteiger partial charge in [-0.15, -0.1) is 0 Å². The van der Waals surface area contributed by atoms with Crippen LogP contribution in [0.25, 0.3) is 0 Å². The van der Waals surface area contributed by atoms with Crippen molar-refractivity contribution in [3.05, 3.63) is 0 Å². The predicted octanol–water partition coefficient (Wildman–Crippen LogP) is 0.560. The van der Waals surface area contributed by atoms with Gasteiger partial charge in [0.25, 0.3) is 0 Å². The molecule has 110 valence electrons. The Hall–Kier alpha value is -0.650. The molecule has 0 amide bonds. The topological polar surface area (TPSA) is 47.0 Å². The summed E-state index contributed by atoms with van der Waals surface area (Å²) >= 11 is 0. The molecule has 0 aromatic heterocycles. The van der Waals surface area contributed by atoms with Crippen LogP contribution in [0.2, 0.25) is 0 Å². The van der Waals surface area contributed by atoms with Gasteiger partial charge in [-0.25, -0.2) is 0 Å². The zero-order valence-electron chi connectivity index (χ0n) is 12.4. The predicted molar refractivity (Wildman–Crippen MR) is 75.4 cm³/mol. The van der Waals surface area contributed by atoms with Crippen LogP contribution in [-0.4, -0.2) is 84.7 Å². The summed E-state index contributed by atoms with van der Waals surface area (Å²) in [7, 11) is 6.30. The van der Waals surface area contributed by atoms with E-state index in [1.54, 1.807) is 0 Å². The van der Waals surface area contributed by atoms with Crippen molar-refractivity contribution in [2.45, 2.75) is 43.8 Å².